The molecule has 0 saturated carbocycles. The second kappa shape index (κ2) is 14.1. The Kier molecular flexibility index (Phi) is 10.3. The number of anilines is 1. The summed E-state index contributed by atoms with van der Waals surface area (Å²) < 4.78 is 28.2. The highest BCUT2D eigenvalue weighted by atomic mass is 19.1. The zero-order chi connectivity index (χ0) is 31.1. The predicted molar refractivity (Wildman–Crippen MR) is 157 cm³/mol. The number of aliphatic imine (C=N–C) groups is 1. The Morgan fingerprint density at radius 1 is 1.00 bits per heavy atom. The van der Waals surface area contributed by atoms with Crippen LogP contribution in [-0.4, -0.2) is 76.8 Å². The van der Waals surface area contributed by atoms with Gasteiger partial charge in [0.2, 0.25) is 12.1 Å². The topological polar surface area (TPSA) is 127 Å². The fraction of sp³-hybridized carbons (Fsp3) is 0.323. The number of carbonyl (C=O) groups is 3. The molecule has 3 amide bonds. The van der Waals surface area contributed by atoms with Crippen molar-refractivity contribution in [1.29, 1.82) is 0 Å². The van der Waals surface area contributed by atoms with E-state index in [0.717, 1.165) is 31.3 Å². The number of carbonyl (C=O) groups excluding carboxylic acids is 3. The van der Waals surface area contributed by atoms with E-state index in [1.165, 1.54) is 6.92 Å². The molecule has 0 fully saturated rings. The Bertz CT molecular complexity index is 1480. The molecule has 43 heavy (non-hydrogen) atoms. The van der Waals surface area contributed by atoms with Gasteiger partial charge < -0.3 is 25.5 Å². The van der Waals surface area contributed by atoms with E-state index in [2.05, 4.69) is 25.5 Å². The third kappa shape index (κ3) is 7.09. The van der Waals surface area contributed by atoms with Crippen molar-refractivity contribution < 1.29 is 28.3 Å². The first-order valence-corrected chi connectivity index (χ1v) is 14.0. The number of aliphatic hydroxyl groups is 1. The first-order chi connectivity index (χ1) is 20.7. The number of nitrogens with one attached hydrogen (secondary N) is 2. The van der Waals surface area contributed by atoms with E-state index < -0.39 is 53.2 Å². The molecule has 3 aromatic rings. The number of benzodiazepines with no additional fused rings is 1. The maximum absolute atomic E-state index is 14.1. The van der Waals surface area contributed by atoms with Gasteiger partial charge in [0.1, 0.15) is 17.7 Å². The van der Waals surface area contributed by atoms with Crippen LogP contribution < -0.4 is 15.5 Å². The average Bonchev–Trinajstić information content (AvgIpc) is 3.12. The molecule has 3 N–H and O–H groups in total. The summed E-state index contributed by atoms with van der Waals surface area (Å²) in [6.07, 6.45) is -1.99. The number of rotatable bonds is 11. The first kappa shape index (κ1) is 31.4. The van der Waals surface area contributed by atoms with Crippen LogP contribution in [0, 0.1) is 11.6 Å². The normalized spacial score (nSPS) is 16.2. The third-order valence-corrected chi connectivity index (χ3v) is 7.20. The number of hydrogen-bond acceptors (Lipinski definition) is 7. The lowest BCUT2D eigenvalue weighted by molar-refractivity contribution is -0.135. The monoisotopic (exact) mass is 592 g/mol. The minimum atomic E-state index is -2.20. The summed E-state index contributed by atoms with van der Waals surface area (Å²) in [6, 6.07) is 14.2. The highest BCUT2D eigenvalue weighted by molar-refractivity contribution is 6.19. The lowest BCUT2D eigenvalue weighted by Gasteiger charge is -2.28. The second-order valence-electron chi connectivity index (χ2n) is 9.91. The molecule has 1 aliphatic rings. The van der Waals surface area contributed by atoms with Crippen LogP contribution in [0.4, 0.5) is 14.5 Å². The van der Waals surface area contributed by atoms with Crippen LogP contribution >= 0.6 is 0 Å². The number of fused-ring (bicyclic) bond motifs is 1. The average molecular weight is 593 g/mol. The first-order valence-electron chi connectivity index (χ1n) is 14.0. The fourth-order valence-corrected chi connectivity index (χ4v) is 4.76. The van der Waals surface area contributed by atoms with E-state index in [1.54, 1.807) is 29.3 Å². The number of likely N-dealkylation sites (N-methyl/N-ethyl adjacent to an activating group) is 1. The number of para-hydroxylation sites is 1. The van der Waals surface area contributed by atoms with Gasteiger partial charge in [0.25, 0.3) is 11.8 Å². The summed E-state index contributed by atoms with van der Waals surface area (Å²) in [4.78, 5) is 52.7. The van der Waals surface area contributed by atoms with Crippen molar-refractivity contribution >= 4 is 29.1 Å². The molecule has 3 atom stereocenters. The number of amides is 3. The molecule has 1 aliphatic heterocycles. The Hall–Kier alpha value is -4.55. The van der Waals surface area contributed by atoms with Crippen molar-refractivity contribution in [3.8, 4) is 0 Å². The summed E-state index contributed by atoms with van der Waals surface area (Å²) in [5.41, 5.74) is 1.31. The molecule has 0 aliphatic carbocycles. The van der Waals surface area contributed by atoms with E-state index in [4.69, 9.17) is 0 Å². The quantitative estimate of drug-likeness (QED) is 0.314. The van der Waals surface area contributed by atoms with Crippen LogP contribution in [0.1, 0.15) is 43.7 Å². The van der Waals surface area contributed by atoms with Gasteiger partial charge in [0, 0.05) is 24.8 Å². The molecule has 2 aromatic carbocycles. The molecule has 10 nitrogen and oxygen atoms in total. The molecular formula is C31H34F2N6O4. The van der Waals surface area contributed by atoms with E-state index in [0.29, 0.717) is 35.7 Å². The van der Waals surface area contributed by atoms with Crippen LogP contribution in [0.25, 0.3) is 0 Å². The zero-order valence-electron chi connectivity index (χ0n) is 24.1. The number of hydrogen-bond donors (Lipinski definition) is 3. The minimum absolute atomic E-state index is 0.321. The summed E-state index contributed by atoms with van der Waals surface area (Å²) in [7, 11) is 0. The lowest BCUT2D eigenvalue weighted by atomic mass is 10.0. The van der Waals surface area contributed by atoms with Crippen LogP contribution in [0.2, 0.25) is 0 Å². The molecular weight excluding hydrogens is 558 g/mol. The molecule has 0 saturated heterocycles. The summed E-state index contributed by atoms with van der Waals surface area (Å²) in [6.45, 7) is 7.84. The maximum Gasteiger partial charge on any atom is 0.272 e. The van der Waals surface area contributed by atoms with Crippen LogP contribution in [-0.2, 0) is 14.4 Å². The third-order valence-electron chi connectivity index (χ3n) is 7.20. The van der Waals surface area contributed by atoms with E-state index in [-0.39, 0.29) is 0 Å². The van der Waals surface area contributed by atoms with Crippen LogP contribution in [0.5, 0.6) is 0 Å². The number of aliphatic hydroxyl groups excluding tert-OH is 1. The smallest absolute Gasteiger partial charge is 0.272 e. The number of nitrogens with zero attached hydrogens (tertiary/aromatic N) is 4. The number of halogens is 2. The van der Waals surface area contributed by atoms with E-state index in [1.807, 2.05) is 38.1 Å². The van der Waals surface area contributed by atoms with Crippen LogP contribution in [0.15, 0.2) is 71.9 Å². The number of benzene rings is 2. The molecule has 0 spiro atoms. The van der Waals surface area contributed by atoms with Crippen molar-refractivity contribution in [2.45, 2.75) is 39.1 Å². The van der Waals surface area contributed by atoms with Crippen molar-refractivity contribution in [2.75, 3.05) is 31.1 Å². The molecule has 0 bridgehead atoms. The van der Waals surface area contributed by atoms with Crippen molar-refractivity contribution in [2.24, 2.45) is 4.99 Å². The molecule has 4 rings (SSSR count). The van der Waals surface area contributed by atoms with Gasteiger partial charge in [-0.2, -0.15) is 0 Å². The Morgan fingerprint density at radius 3 is 2.33 bits per heavy atom. The van der Waals surface area contributed by atoms with Crippen molar-refractivity contribution in [3.05, 3.63) is 95.3 Å². The van der Waals surface area contributed by atoms with Crippen molar-refractivity contribution in [3.63, 3.8) is 0 Å². The highest BCUT2D eigenvalue weighted by Gasteiger charge is 2.35. The molecule has 226 valence electrons. The van der Waals surface area contributed by atoms with Gasteiger partial charge in [-0.25, -0.2) is 13.8 Å². The lowest BCUT2D eigenvalue weighted by Crippen LogP contribution is -2.54. The van der Waals surface area contributed by atoms with Crippen LogP contribution in [0.3, 0.4) is 0 Å². The Morgan fingerprint density at radius 2 is 1.67 bits per heavy atom. The molecule has 0 radical (unpaired) electrons. The Labute approximate surface area is 248 Å². The van der Waals surface area contributed by atoms with Gasteiger partial charge in [0.05, 0.1) is 22.7 Å². The van der Waals surface area contributed by atoms with Gasteiger partial charge >= 0.3 is 0 Å². The van der Waals surface area contributed by atoms with E-state index in [9.17, 15) is 28.3 Å². The minimum Gasteiger partial charge on any atom is -0.378 e. The predicted octanol–water partition coefficient (Wildman–Crippen LogP) is 2.57. The molecule has 2 heterocycles. The molecule has 1 aromatic heterocycles. The standard InChI is InChI=1S/C31H34F2N6O4/c1-4-38(5-2)17-18-39-24-15-7-6-11-20(24)26(23-14-8-9-16-34-23)36-28(31(39)43)37-29(41)19(3)35-30(42)27(40)25-21(32)12-10-13-22(25)33/h6-16,19,27-28,40H,4-5,17-18H2,1-3H3,(H,35,42)(H,37,41)/t19-,27?,28?/m0/s1. The highest BCUT2D eigenvalue weighted by Crippen LogP contribution is 2.28. The van der Waals surface area contributed by atoms with Gasteiger partial charge in [0.15, 0.2) is 6.10 Å². The number of pyridine rings is 1. The summed E-state index contributed by atoms with van der Waals surface area (Å²) >= 11 is 0. The zero-order valence-corrected chi connectivity index (χ0v) is 24.1. The fourth-order valence-electron chi connectivity index (χ4n) is 4.76. The second-order valence-corrected chi connectivity index (χ2v) is 9.91. The van der Waals surface area contributed by atoms with Gasteiger partial charge in [-0.05, 0) is 50.3 Å². The largest absolute Gasteiger partial charge is 0.378 e. The SMILES string of the molecule is CCN(CC)CCN1C(=O)C(NC(=O)[C@H](C)NC(=O)C(O)c2c(F)cccc2F)N=C(c2ccccn2)c2ccccc21. The van der Waals surface area contributed by atoms with Gasteiger partial charge in [-0.1, -0.05) is 44.2 Å². The summed E-state index contributed by atoms with van der Waals surface area (Å²) in [5, 5.41) is 15.1. The van der Waals surface area contributed by atoms with Gasteiger partial charge in [-0.15, -0.1) is 0 Å². The molecule has 2 unspecified atom stereocenters. The van der Waals surface area contributed by atoms with E-state index >= 15 is 0 Å². The molecule has 12 heteroatoms. The Balaban J connectivity index is 1.62. The maximum atomic E-state index is 14.1. The summed E-state index contributed by atoms with van der Waals surface area (Å²) in [5.74, 6) is -4.70. The number of aromatic nitrogens is 1. The van der Waals surface area contributed by atoms with Gasteiger partial charge in [-0.3, -0.25) is 19.4 Å². The van der Waals surface area contributed by atoms with Crippen molar-refractivity contribution in [1.82, 2.24) is 20.5 Å².